The van der Waals surface area contributed by atoms with Crippen LogP contribution in [0.2, 0.25) is 0 Å². The first-order valence-electron chi connectivity index (χ1n) is 7.65. The molecule has 0 fully saturated rings. The molecule has 2 N–H and O–H groups in total. The van der Waals surface area contributed by atoms with Crippen molar-refractivity contribution >= 4 is 22.4 Å². The molecule has 4 nitrogen and oxygen atoms in total. The van der Waals surface area contributed by atoms with E-state index in [0.717, 1.165) is 27.6 Å². The molecule has 0 aromatic heterocycles. The number of fused-ring (bicyclic) bond motifs is 1. The fraction of sp³-hybridized carbons (Fsp3) is 0.150. The minimum absolute atomic E-state index is 0.403. The van der Waals surface area contributed by atoms with Crippen molar-refractivity contribution < 1.29 is 14.3 Å². The molecule has 0 saturated heterocycles. The van der Waals surface area contributed by atoms with E-state index >= 15 is 0 Å². The summed E-state index contributed by atoms with van der Waals surface area (Å²) < 4.78 is 10.1. The molecule has 3 aromatic rings. The number of methoxy groups -OCH3 is 2. The van der Waals surface area contributed by atoms with Gasteiger partial charge >= 0.3 is 5.97 Å². The lowest BCUT2D eigenvalue weighted by atomic mass is 9.94. The van der Waals surface area contributed by atoms with Crippen LogP contribution >= 0.6 is 0 Å². The van der Waals surface area contributed by atoms with Gasteiger partial charge in [0.2, 0.25) is 0 Å². The zero-order chi connectivity index (χ0) is 17.1. The fourth-order valence-corrected chi connectivity index (χ4v) is 2.86. The van der Waals surface area contributed by atoms with Crippen molar-refractivity contribution in [2.75, 3.05) is 20.0 Å². The smallest absolute Gasteiger partial charge is 0.339 e. The van der Waals surface area contributed by atoms with Gasteiger partial charge in [-0.15, -0.1) is 0 Å². The molecule has 0 radical (unpaired) electrons. The Labute approximate surface area is 140 Å². The number of ether oxygens (including phenoxy) is 2. The summed E-state index contributed by atoms with van der Waals surface area (Å²) in [6.45, 7) is 0. The summed E-state index contributed by atoms with van der Waals surface area (Å²) in [5, 5.41) is 1.90. The maximum absolute atomic E-state index is 12.0. The molecule has 0 bridgehead atoms. The highest BCUT2D eigenvalue weighted by Crippen LogP contribution is 2.30. The maximum Gasteiger partial charge on any atom is 0.339 e. The first-order valence-corrected chi connectivity index (χ1v) is 7.65. The second kappa shape index (κ2) is 6.62. The zero-order valence-corrected chi connectivity index (χ0v) is 13.7. The highest BCUT2D eigenvalue weighted by Gasteiger charge is 2.16. The lowest BCUT2D eigenvalue weighted by molar-refractivity contribution is 0.0602. The van der Waals surface area contributed by atoms with Gasteiger partial charge in [-0.1, -0.05) is 36.4 Å². The molecule has 0 heterocycles. The van der Waals surface area contributed by atoms with E-state index < -0.39 is 5.97 Å². The summed E-state index contributed by atoms with van der Waals surface area (Å²) in [7, 11) is 3.01. The van der Waals surface area contributed by atoms with Gasteiger partial charge in [-0.2, -0.15) is 0 Å². The van der Waals surface area contributed by atoms with E-state index in [1.165, 1.54) is 7.11 Å². The van der Waals surface area contributed by atoms with E-state index in [1.807, 2.05) is 54.6 Å². The molecule has 0 aliphatic rings. The monoisotopic (exact) mass is 321 g/mol. The number of nitrogens with two attached hydrogens (primary N) is 1. The van der Waals surface area contributed by atoms with Crippen molar-refractivity contribution in [1.29, 1.82) is 0 Å². The van der Waals surface area contributed by atoms with E-state index in [2.05, 4.69) is 0 Å². The number of hydrogen-bond acceptors (Lipinski definition) is 4. The summed E-state index contributed by atoms with van der Waals surface area (Å²) >= 11 is 0. The molecule has 0 aliphatic heterocycles. The first kappa shape index (κ1) is 15.9. The molecular formula is C20H19NO3. The van der Waals surface area contributed by atoms with Gasteiger partial charge in [-0.3, -0.25) is 0 Å². The third-order valence-electron chi connectivity index (χ3n) is 4.13. The number of carbonyl (C=O) groups is 1. The summed E-state index contributed by atoms with van der Waals surface area (Å²) in [5.41, 5.74) is 9.19. The second-order valence-corrected chi connectivity index (χ2v) is 5.56. The minimum Gasteiger partial charge on any atom is -0.497 e. The number of esters is 1. The Hall–Kier alpha value is -3.01. The van der Waals surface area contributed by atoms with Gasteiger partial charge in [0.25, 0.3) is 0 Å². The average molecular weight is 321 g/mol. The Morgan fingerprint density at radius 1 is 1.00 bits per heavy atom. The Balaban J connectivity index is 2.11. The molecule has 24 heavy (non-hydrogen) atoms. The van der Waals surface area contributed by atoms with Crippen molar-refractivity contribution in [2.24, 2.45) is 0 Å². The van der Waals surface area contributed by atoms with E-state index in [1.54, 1.807) is 7.11 Å². The van der Waals surface area contributed by atoms with Crippen LogP contribution < -0.4 is 10.5 Å². The SMILES string of the molecule is COC(=O)c1cc(Cc2ccc(OC)cc2)c2ccccc2c1N. The molecule has 0 amide bonds. The van der Waals surface area contributed by atoms with Crippen LogP contribution in [-0.2, 0) is 11.2 Å². The van der Waals surface area contributed by atoms with Crippen LogP contribution in [-0.4, -0.2) is 20.2 Å². The van der Waals surface area contributed by atoms with Crippen LogP contribution in [0, 0.1) is 0 Å². The van der Waals surface area contributed by atoms with Crippen molar-refractivity contribution in [3.8, 4) is 5.75 Å². The van der Waals surface area contributed by atoms with Gasteiger partial charge in [-0.05, 0) is 41.1 Å². The van der Waals surface area contributed by atoms with Crippen molar-refractivity contribution in [3.63, 3.8) is 0 Å². The van der Waals surface area contributed by atoms with Gasteiger partial charge in [0, 0.05) is 5.39 Å². The third-order valence-corrected chi connectivity index (χ3v) is 4.13. The number of nitrogen functional groups attached to an aromatic ring is 1. The highest BCUT2D eigenvalue weighted by molar-refractivity contribution is 6.06. The summed E-state index contributed by atoms with van der Waals surface area (Å²) in [5.74, 6) is 0.394. The number of rotatable bonds is 4. The van der Waals surface area contributed by atoms with Crippen LogP contribution in [0.4, 0.5) is 5.69 Å². The Bertz CT molecular complexity index is 885. The molecule has 0 saturated carbocycles. The minimum atomic E-state index is -0.422. The Morgan fingerprint density at radius 3 is 2.29 bits per heavy atom. The predicted molar refractivity (Wildman–Crippen MR) is 95.5 cm³/mol. The summed E-state index contributed by atoms with van der Waals surface area (Å²) in [4.78, 5) is 12.0. The topological polar surface area (TPSA) is 61.5 Å². The largest absolute Gasteiger partial charge is 0.497 e. The van der Waals surface area contributed by atoms with Gasteiger partial charge in [-0.25, -0.2) is 4.79 Å². The maximum atomic E-state index is 12.0. The normalized spacial score (nSPS) is 10.6. The van der Waals surface area contributed by atoms with Crippen LogP contribution in [0.5, 0.6) is 5.75 Å². The third kappa shape index (κ3) is 2.91. The number of anilines is 1. The molecule has 0 aliphatic carbocycles. The molecule has 0 atom stereocenters. The Morgan fingerprint density at radius 2 is 1.67 bits per heavy atom. The van der Waals surface area contributed by atoms with Crippen LogP contribution in [0.3, 0.4) is 0 Å². The molecule has 3 aromatic carbocycles. The Kier molecular flexibility index (Phi) is 4.38. The van der Waals surface area contributed by atoms with Crippen LogP contribution in [0.15, 0.2) is 54.6 Å². The van der Waals surface area contributed by atoms with E-state index in [0.29, 0.717) is 17.7 Å². The van der Waals surface area contributed by atoms with Gasteiger partial charge in [0.15, 0.2) is 0 Å². The quantitative estimate of drug-likeness (QED) is 0.586. The number of carbonyl (C=O) groups excluding carboxylic acids is 1. The van der Waals surface area contributed by atoms with Crippen molar-refractivity contribution in [3.05, 3.63) is 71.3 Å². The number of benzene rings is 3. The second-order valence-electron chi connectivity index (χ2n) is 5.56. The molecule has 4 heteroatoms. The van der Waals surface area contributed by atoms with E-state index in [4.69, 9.17) is 15.2 Å². The average Bonchev–Trinajstić information content (AvgIpc) is 2.64. The number of hydrogen-bond donors (Lipinski definition) is 1. The summed E-state index contributed by atoms with van der Waals surface area (Å²) in [6.07, 6.45) is 0.689. The lowest BCUT2D eigenvalue weighted by Gasteiger charge is -2.13. The first-order chi connectivity index (χ1) is 11.6. The van der Waals surface area contributed by atoms with E-state index in [9.17, 15) is 4.79 Å². The van der Waals surface area contributed by atoms with Crippen molar-refractivity contribution in [1.82, 2.24) is 0 Å². The van der Waals surface area contributed by atoms with Crippen LogP contribution in [0.1, 0.15) is 21.5 Å². The predicted octanol–water partition coefficient (Wildman–Crippen LogP) is 3.81. The molecule has 0 unspecified atom stereocenters. The standard InChI is InChI=1S/C20H19NO3/c1-23-15-9-7-13(8-10-15)11-14-12-18(20(22)24-2)19(21)17-6-4-3-5-16(14)17/h3-10,12H,11,21H2,1-2H3. The fourth-order valence-electron chi connectivity index (χ4n) is 2.86. The van der Waals surface area contributed by atoms with Crippen molar-refractivity contribution in [2.45, 2.75) is 6.42 Å². The molecule has 122 valence electrons. The lowest BCUT2D eigenvalue weighted by Crippen LogP contribution is -2.07. The summed E-state index contributed by atoms with van der Waals surface area (Å²) in [6, 6.07) is 17.5. The van der Waals surface area contributed by atoms with Crippen LogP contribution in [0.25, 0.3) is 10.8 Å². The molecule has 3 rings (SSSR count). The van der Waals surface area contributed by atoms with Gasteiger partial charge in [0.05, 0.1) is 25.5 Å². The van der Waals surface area contributed by atoms with Gasteiger partial charge in [0.1, 0.15) is 5.75 Å². The zero-order valence-electron chi connectivity index (χ0n) is 13.7. The van der Waals surface area contributed by atoms with Gasteiger partial charge < -0.3 is 15.2 Å². The highest BCUT2D eigenvalue weighted by atomic mass is 16.5. The molecule has 0 spiro atoms. The molecular weight excluding hydrogens is 302 g/mol. The van der Waals surface area contributed by atoms with E-state index in [-0.39, 0.29) is 0 Å².